The van der Waals surface area contributed by atoms with Crippen LogP contribution in [0.2, 0.25) is 0 Å². The van der Waals surface area contributed by atoms with Crippen LogP contribution in [0.25, 0.3) is 22.3 Å². The number of aromatic nitrogens is 1. The monoisotopic (exact) mass is 406 g/mol. The maximum atomic E-state index is 11.8. The van der Waals surface area contributed by atoms with E-state index in [1.807, 2.05) is 24.3 Å². The molecule has 4 rings (SSSR count). The highest BCUT2D eigenvalue weighted by Gasteiger charge is 2.12. The highest BCUT2D eigenvalue weighted by Crippen LogP contribution is 2.28. The van der Waals surface area contributed by atoms with Crippen molar-refractivity contribution >= 4 is 33.2 Å². The molecule has 4 aromatic rings. The third-order valence-corrected chi connectivity index (χ3v) is 5.57. The Morgan fingerprint density at radius 1 is 1.17 bits per heavy atom. The maximum absolute atomic E-state index is 11.8. The fourth-order valence-corrected chi connectivity index (χ4v) is 3.85. The minimum Gasteiger partial charge on any atom is -0.508 e. The standard InChI is InChI=1S/C22H18N2O4S/c1-12-21(13(2)25)29-22(23-12)24-18-11-20(14-4-7-16(27-3)8-5-14)28-19-9-6-15(26)10-17(18)19/h4-11,26H,1-3H3. The molecule has 0 aliphatic carbocycles. The number of Topliss-reactive ketones (excluding diaryl/α,β-unsaturated/α-hetero) is 1. The van der Waals surface area contributed by atoms with Crippen LogP contribution in [-0.4, -0.2) is 23.0 Å². The fourth-order valence-electron chi connectivity index (χ4n) is 3.01. The second-order valence-electron chi connectivity index (χ2n) is 6.48. The Balaban J connectivity index is 1.94. The second kappa shape index (κ2) is 7.52. The number of rotatable bonds is 4. The van der Waals surface area contributed by atoms with Crippen molar-refractivity contribution in [3.63, 3.8) is 0 Å². The molecule has 0 radical (unpaired) electrons. The number of ether oxygens (including phenoxy) is 1. The number of methoxy groups -OCH3 is 1. The number of phenolic OH excluding ortho intramolecular Hbond substituents is 1. The van der Waals surface area contributed by atoms with E-state index in [9.17, 15) is 9.90 Å². The van der Waals surface area contributed by atoms with E-state index in [4.69, 9.17) is 9.15 Å². The first-order chi connectivity index (χ1) is 13.9. The zero-order chi connectivity index (χ0) is 20.5. The van der Waals surface area contributed by atoms with E-state index in [1.54, 1.807) is 38.3 Å². The number of aromatic hydroxyl groups is 1. The van der Waals surface area contributed by atoms with Gasteiger partial charge in [-0.25, -0.2) is 9.98 Å². The largest absolute Gasteiger partial charge is 0.508 e. The molecule has 7 heteroatoms. The van der Waals surface area contributed by atoms with Crippen molar-refractivity contribution in [2.24, 2.45) is 4.99 Å². The number of carbonyl (C=O) groups is 1. The number of nitrogens with zero attached hydrogens (tertiary/aromatic N) is 2. The summed E-state index contributed by atoms with van der Waals surface area (Å²) in [4.78, 5) is 21.4. The summed E-state index contributed by atoms with van der Waals surface area (Å²) in [5.74, 6) is 1.44. The van der Waals surface area contributed by atoms with Gasteiger partial charge in [-0.15, -0.1) is 0 Å². The molecule has 146 valence electrons. The predicted molar refractivity (Wildman–Crippen MR) is 112 cm³/mol. The van der Waals surface area contributed by atoms with E-state index in [0.717, 1.165) is 11.3 Å². The molecule has 1 N–H and O–H groups in total. The molecule has 0 fully saturated rings. The molecular weight excluding hydrogens is 388 g/mol. The first kappa shape index (κ1) is 18.9. The van der Waals surface area contributed by atoms with Crippen LogP contribution in [0.4, 0.5) is 5.13 Å². The quantitative estimate of drug-likeness (QED) is 0.481. The molecule has 0 bridgehead atoms. The van der Waals surface area contributed by atoms with Crippen molar-refractivity contribution in [3.05, 3.63) is 64.5 Å². The minimum absolute atomic E-state index is 0.0362. The van der Waals surface area contributed by atoms with Gasteiger partial charge in [-0.3, -0.25) is 4.79 Å². The first-order valence-corrected chi connectivity index (χ1v) is 9.70. The lowest BCUT2D eigenvalue weighted by atomic mass is 10.1. The van der Waals surface area contributed by atoms with Gasteiger partial charge >= 0.3 is 0 Å². The summed E-state index contributed by atoms with van der Waals surface area (Å²) in [6.45, 7) is 3.31. The van der Waals surface area contributed by atoms with Crippen LogP contribution in [0, 0.1) is 6.92 Å². The van der Waals surface area contributed by atoms with Gasteiger partial charge in [-0.2, -0.15) is 0 Å². The number of hydrogen-bond donors (Lipinski definition) is 1. The van der Waals surface area contributed by atoms with Crippen molar-refractivity contribution in [3.8, 4) is 22.8 Å². The number of hydrogen-bond acceptors (Lipinski definition) is 7. The molecule has 0 atom stereocenters. The summed E-state index contributed by atoms with van der Waals surface area (Å²) < 4.78 is 11.3. The topological polar surface area (TPSA) is 84.9 Å². The molecule has 0 saturated heterocycles. The van der Waals surface area contributed by atoms with Gasteiger partial charge in [-0.1, -0.05) is 11.3 Å². The van der Waals surface area contributed by atoms with E-state index in [-0.39, 0.29) is 11.5 Å². The van der Waals surface area contributed by atoms with Crippen LogP contribution in [0.5, 0.6) is 11.5 Å². The van der Waals surface area contributed by atoms with Gasteiger partial charge in [0.2, 0.25) is 5.13 Å². The van der Waals surface area contributed by atoms with Crippen LogP contribution < -0.4 is 10.1 Å². The summed E-state index contributed by atoms with van der Waals surface area (Å²) in [7, 11) is 1.62. The number of thiazole rings is 1. The predicted octanol–water partition coefficient (Wildman–Crippen LogP) is 5.01. The van der Waals surface area contributed by atoms with Crippen LogP contribution in [0.1, 0.15) is 22.3 Å². The number of ketones is 1. The number of fused-ring (bicyclic) bond motifs is 1. The molecule has 2 aromatic carbocycles. The molecule has 0 aliphatic heterocycles. The molecule has 6 nitrogen and oxygen atoms in total. The van der Waals surface area contributed by atoms with Crippen molar-refractivity contribution in [2.75, 3.05) is 7.11 Å². The van der Waals surface area contributed by atoms with Crippen LogP contribution in [-0.2, 0) is 0 Å². The van der Waals surface area contributed by atoms with Gasteiger partial charge in [0.05, 0.1) is 23.0 Å². The maximum Gasteiger partial charge on any atom is 0.210 e. The summed E-state index contributed by atoms with van der Waals surface area (Å²) in [6, 6.07) is 14.2. The lowest BCUT2D eigenvalue weighted by Gasteiger charge is -2.06. The Morgan fingerprint density at radius 2 is 1.93 bits per heavy atom. The summed E-state index contributed by atoms with van der Waals surface area (Å²) >= 11 is 1.24. The molecule has 0 unspecified atom stereocenters. The van der Waals surface area contributed by atoms with E-state index < -0.39 is 0 Å². The lowest BCUT2D eigenvalue weighted by molar-refractivity contribution is 0.102. The molecular formula is C22H18N2O4S. The molecule has 0 spiro atoms. The van der Waals surface area contributed by atoms with E-state index >= 15 is 0 Å². The molecule has 2 aromatic heterocycles. The van der Waals surface area contributed by atoms with Gasteiger partial charge in [0.25, 0.3) is 0 Å². The number of phenols is 1. The third kappa shape index (κ3) is 3.77. The SMILES string of the molecule is COc1ccc(-c2cc(=Nc3nc(C)c(C(C)=O)s3)c3cc(O)ccc3o2)cc1. The Morgan fingerprint density at radius 3 is 2.59 bits per heavy atom. The van der Waals surface area contributed by atoms with E-state index in [0.29, 0.717) is 37.8 Å². The van der Waals surface area contributed by atoms with Gasteiger partial charge in [-0.05, 0) is 49.4 Å². The lowest BCUT2D eigenvalue weighted by Crippen LogP contribution is -2.03. The highest BCUT2D eigenvalue weighted by molar-refractivity contribution is 7.17. The van der Waals surface area contributed by atoms with E-state index in [1.165, 1.54) is 18.3 Å². The van der Waals surface area contributed by atoms with Gasteiger partial charge in [0.1, 0.15) is 22.8 Å². The normalized spacial score (nSPS) is 11.8. The average molecular weight is 406 g/mol. The Labute approximate surface area is 170 Å². The highest BCUT2D eigenvalue weighted by atomic mass is 32.1. The zero-order valence-corrected chi connectivity index (χ0v) is 16.9. The van der Waals surface area contributed by atoms with E-state index in [2.05, 4.69) is 9.98 Å². The molecule has 0 saturated carbocycles. The number of carbonyl (C=O) groups excluding carboxylic acids is 1. The van der Waals surface area contributed by atoms with Crippen molar-refractivity contribution < 1.29 is 19.1 Å². The molecule has 0 amide bonds. The third-order valence-electron chi connectivity index (χ3n) is 4.42. The Kier molecular flexibility index (Phi) is 4.90. The first-order valence-electron chi connectivity index (χ1n) is 8.89. The molecule has 2 heterocycles. The van der Waals surface area contributed by atoms with Crippen LogP contribution >= 0.6 is 11.3 Å². The summed E-state index contributed by atoms with van der Waals surface area (Å²) in [6.07, 6.45) is 0. The Bertz CT molecular complexity index is 1290. The molecule has 29 heavy (non-hydrogen) atoms. The van der Waals surface area contributed by atoms with Crippen LogP contribution in [0.3, 0.4) is 0 Å². The van der Waals surface area contributed by atoms with Crippen molar-refractivity contribution in [2.45, 2.75) is 13.8 Å². The van der Waals surface area contributed by atoms with Crippen LogP contribution in [0.15, 0.2) is 57.9 Å². The zero-order valence-electron chi connectivity index (χ0n) is 16.1. The van der Waals surface area contributed by atoms with Gasteiger partial charge in [0.15, 0.2) is 5.78 Å². The summed E-state index contributed by atoms with van der Waals surface area (Å²) in [5.41, 5.74) is 2.09. The number of benzene rings is 2. The van der Waals surface area contributed by atoms with Crippen molar-refractivity contribution in [1.82, 2.24) is 4.98 Å². The number of aryl methyl sites for hydroxylation is 1. The van der Waals surface area contributed by atoms with Gasteiger partial charge in [0, 0.05) is 23.9 Å². The molecule has 0 aliphatic rings. The van der Waals surface area contributed by atoms with Crippen molar-refractivity contribution in [1.29, 1.82) is 0 Å². The average Bonchev–Trinajstić information content (AvgIpc) is 3.08. The van der Waals surface area contributed by atoms with Gasteiger partial charge < -0.3 is 14.3 Å². The Hall–Kier alpha value is -3.45. The summed E-state index contributed by atoms with van der Waals surface area (Å²) in [5, 5.41) is 11.7. The minimum atomic E-state index is -0.0362. The smallest absolute Gasteiger partial charge is 0.210 e. The fraction of sp³-hybridized carbons (Fsp3) is 0.136. The second-order valence-corrected chi connectivity index (χ2v) is 7.46.